The maximum absolute atomic E-state index is 12.9. The Balaban J connectivity index is 0.00000111. The molecule has 0 N–H and O–H groups in total. The van der Waals surface area contributed by atoms with Gasteiger partial charge in [-0.1, -0.05) is 26.0 Å². The average molecular weight is 408 g/mol. The number of carbonyl (C=O) groups is 1. The normalized spacial score (nSPS) is 16.2. The average Bonchev–Trinajstić information content (AvgIpc) is 3.20. The highest BCUT2D eigenvalue weighted by atomic mass is 16.2. The van der Waals surface area contributed by atoms with Crippen LogP contribution in [0.5, 0.6) is 0 Å². The molecule has 1 aromatic heterocycles. The smallest absolute Gasteiger partial charge is 0.255 e. The van der Waals surface area contributed by atoms with Gasteiger partial charge in [0, 0.05) is 52.8 Å². The zero-order chi connectivity index (χ0) is 21.7. The minimum atomic E-state index is 0. The van der Waals surface area contributed by atoms with Crippen molar-refractivity contribution >= 4 is 17.2 Å². The maximum atomic E-state index is 12.9. The molecule has 2 heterocycles. The Bertz CT molecular complexity index is 978. The van der Waals surface area contributed by atoms with E-state index in [0.717, 1.165) is 66.2 Å². The molecule has 6 nitrogen and oxygen atoms in total. The second-order valence-corrected chi connectivity index (χ2v) is 7.44. The predicted octanol–water partition coefficient (Wildman–Crippen LogP) is 4.75. The van der Waals surface area contributed by atoms with Crippen LogP contribution in [0.25, 0.3) is 5.57 Å². The van der Waals surface area contributed by atoms with E-state index < -0.39 is 0 Å². The molecule has 0 saturated carbocycles. The molecule has 2 aliphatic rings. The molecule has 4 rings (SSSR count). The summed E-state index contributed by atoms with van der Waals surface area (Å²) in [7, 11) is 3.76. The van der Waals surface area contributed by atoms with Gasteiger partial charge in [-0.2, -0.15) is 10.2 Å². The Morgan fingerprint density at radius 3 is 2.53 bits per heavy atom. The Hall–Kier alpha value is -2.86. The fourth-order valence-corrected chi connectivity index (χ4v) is 3.82. The van der Waals surface area contributed by atoms with Crippen LogP contribution >= 0.6 is 0 Å². The van der Waals surface area contributed by atoms with Crippen LogP contribution in [0.2, 0.25) is 0 Å². The zero-order valence-electron chi connectivity index (χ0n) is 18.6. The summed E-state index contributed by atoms with van der Waals surface area (Å²) in [6.45, 7) is 9.39. The van der Waals surface area contributed by atoms with Crippen molar-refractivity contribution in [2.75, 3.05) is 40.3 Å². The monoisotopic (exact) mass is 407 g/mol. The van der Waals surface area contributed by atoms with Gasteiger partial charge in [0.1, 0.15) is 0 Å². The molecule has 30 heavy (non-hydrogen) atoms. The number of pyridine rings is 1. The third-order valence-electron chi connectivity index (χ3n) is 5.51. The summed E-state index contributed by atoms with van der Waals surface area (Å²) in [5, 5.41) is 8.02. The van der Waals surface area contributed by atoms with Crippen LogP contribution in [0.4, 0.5) is 5.69 Å². The molecule has 1 fully saturated rings. The lowest BCUT2D eigenvalue weighted by Gasteiger charge is -2.32. The largest absolute Gasteiger partial charge is 0.336 e. The Morgan fingerprint density at radius 1 is 1.13 bits per heavy atom. The minimum Gasteiger partial charge on any atom is -0.336 e. The van der Waals surface area contributed by atoms with E-state index in [0.29, 0.717) is 5.56 Å². The zero-order valence-corrected chi connectivity index (χ0v) is 18.6. The molecule has 160 valence electrons. The van der Waals surface area contributed by atoms with Crippen molar-refractivity contribution in [3.63, 3.8) is 0 Å². The van der Waals surface area contributed by atoms with E-state index in [-0.39, 0.29) is 7.33 Å². The van der Waals surface area contributed by atoms with Crippen molar-refractivity contribution in [2.24, 2.45) is 10.2 Å². The molecule has 6 heteroatoms. The number of nitrogens with zero attached hydrogens (tertiary/aromatic N) is 5. The number of piperazine rings is 1. The van der Waals surface area contributed by atoms with E-state index in [2.05, 4.69) is 45.4 Å². The summed E-state index contributed by atoms with van der Waals surface area (Å²) in [5.41, 5.74) is 6.97. The molecule has 1 aromatic carbocycles. The van der Waals surface area contributed by atoms with E-state index in [1.165, 1.54) is 0 Å². The Labute approximate surface area is 180 Å². The first-order chi connectivity index (χ1) is 14.6. The van der Waals surface area contributed by atoms with Crippen LogP contribution < -0.4 is 0 Å². The van der Waals surface area contributed by atoms with Gasteiger partial charge in [-0.15, -0.1) is 0 Å². The molecule has 1 aliphatic carbocycles. The van der Waals surface area contributed by atoms with Gasteiger partial charge >= 0.3 is 0 Å². The number of aromatic nitrogens is 1. The van der Waals surface area contributed by atoms with Crippen molar-refractivity contribution in [3.8, 4) is 0 Å². The first-order valence-electron chi connectivity index (χ1n) is 10.6. The molecule has 0 unspecified atom stereocenters. The van der Waals surface area contributed by atoms with E-state index in [1.54, 1.807) is 13.2 Å². The molecule has 0 atom stereocenters. The Morgan fingerprint density at radius 2 is 1.87 bits per heavy atom. The number of rotatable bonds is 3. The van der Waals surface area contributed by atoms with E-state index in [1.807, 2.05) is 37.8 Å². The highest BCUT2D eigenvalue weighted by Crippen LogP contribution is 2.34. The molecule has 0 bridgehead atoms. The number of likely N-dealkylation sites (N-methyl/N-ethyl adjacent to an activating group) is 1. The standard InChI is InChI=1S/C22H25N5O.C2H6.H2/c1-15-12-16(4-6-20(15)25-23-2)18-5-7-21-19(18)13-17(14-24-21)22(28)27-10-8-26(3)9-11-27;1-2;/h4-6,12-14H,7-11H2,1-3H3;1-2H3;1H. The summed E-state index contributed by atoms with van der Waals surface area (Å²) in [6.07, 6.45) is 4.72. The van der Waals surface area contributed by atoms with Crippen LogP contribution in [0, 0.1) is 6.92 Å². The lowest BCUT2D eigenvalue weighted by molar-refractivity contribution is 0.0663. The molecule has 1 aliphatic heterocycles. The lowest BCUT2D eigenvalue weighted by atomic mass is 9.97. The number of fused-ring (bicyclic) bond motifs is 1. The van der Waals surface area contributed by atoms with Gasteiger partial charge in [-0.3, -0.25) is 9.78 Å². The number of carbonyl (C=O) groups excluding carboxylic acids is 1. The topological polar surface area (TPSA) is 61.2 Å². The first-order valence-corrected chi connectivity index (χ1v) is 10.6. The number of aryl methyl sites for hydroxylation is 1. The van der Waals surface area contributed by atoms with Crippen molar-refractivity contribution < 1.29 is 6.22 Å². The van der Waals surface area contributed by atoms with Gasteiger partial charge in [0.2, 0.25) is 0 Å². The van der Waals surface area contributed by atoms with Gasteiger partial charge in [-0.05, 0) is 48.9 Å². The molecule has 0 spiro atoms. The number of hydrogen-bond acceptors (Lipinski definition) is 5. The second kappa shape index (κ2) is 9.76. The summed E-state index contributed by atoms with van der Waals surface area (Å²) in [5.74, 6) is 0.0736. The van der Waals surface area contributed by atoms with Crippen molar-refractivity contribution in [1.82, 2.24) is 14.8 Å². The van der Waals surface area contributed by atoms with Gasteiger partial charge in [0.15, 0.2) is 0 Å². The highest BCUT2D eigenvalue weighted by Gasteiger charge is 2.24. The van der Waals surface area contributed by atoms with Crippen molar-refractivity contribution in [2.45, 2.75) is 27.2 Å². The van der Waals surface area contributed by atoms with Crippen molar-refractivity contribution in [1.29, 1.82) is 0 Å². The first kappa shape index (κ1) is 21.8. The quantitative estimate of drug-likeness (QED) is 0.690. The fraction of sp³-hybridized carbons (Fsp3) is 0.417. The number of hydrogen-bond donors (Lipinski definition) is 0. The summed E-state index contributed by atoms with van der Waals surface area (Å²) in [6, 6.07) is 8.19. The maximum Gasteiger partial charge on any atom is 0.255 e. The van der Waals surface area contributed by atoms with E-state index in [4.69, 9.17) is 0 Å². The number of allylic oxidation sites excluding steroid dienone is 1. The molecule has 1 amide bonds. The highest BCUT2D eigenvalue weighted by molar-refractivity contribution is 5.96. The molecular formula is C24H33N5O. The molecule has 2 aromatic rings. The van der Waals surface area contributed by atoms with Crippen LogP contribution in [0.15, 0.2) is 46.8 Å². The molecular weight excluding hydrogens is 374 g/mol. The van der Waals surface area contributed by atoms with Crippen LogP contribution in [-0.4, -0.2) is 61.0 Å². The van der Waals surface area contributed by atoms with Crippen molar-refractivity contribution in [3.05, 3.63) is 64.5 Å². The lowest BCUT2D eigenvalue weighted by Crippen LogP contribution is -2.47. The number of azo groups is 1. The summed E-state index contributed by atoms with van der Waals surface area (Å²) >= 11 is 0. The van der Waals surface area contributed by atoms with Gasteiger partial charge < -0.3 is 9.80 Å². The van der Waals surface area contributed by atoms with Gasteiger partial charge in [-0.25, -0.2) is 0 Å². The predicted molar refractivity (Wildman–Crippen MR) is 124 cm³/mol. The van der Waals surface area contributed by atoms with E-state index >= 15 is 0 Å². The third kappa shape index (κ3) is 4.49. The number of benzene rings is 1. The summed E-state index contributed by atoms with van der Waals surface area (Å²) < 4.78 is 0. The van der Waals surface area contributed by atoms with E-state index in [9.17, 15) is 4.79 Å². The molecule has 0 radical (unpaired) electrons. The van der Waals surface area contributed by atoms with Crippen LogP contribution in [0.3, 0.4) is 0 Å². The van der Waals surface area contributed by atoms with Gasteiger partial charge in [0.25, 0.3) is 5.91 Å². The van der Waals surface area contributed by atoms with Crippen LogP contribution in [-0.2, 0) is 6.42 Å². The minimum absolute atomic E-state index is 0. The second-order valence-electron chi connectivity index (χ2n) is 7.44. The molecule has 1 saturated heterocycles. The Kier molecular flexibility index (Phi) is 7.11. The number of amides is 1. The van der Waals surface area contributed by atoms with Gasteiger partial charge in [0.05, 0.1) is 16.9 Å². The van der Waals surface area contributed by atoms with Crippen LogP contribution in [0.1, 0.15) is 48.0 Å². The SMILES string of the molecule is CC.CN=Nc1ccc(C2=CCc3ncc(C(=O)N4CCN(C)CC4)cc32)cc1C.[HH]. The summed E-state index contributed by atoms with van der Waals surface area (Å²) in [4.78, 5) is 21.7. The third-order valence-corrected chi connectivity index (χ3v) is 5.51. The fourth-order valence-electron chi connectivity index (χ4n) is 3.82.